The van der Waals surface area contributed by atoms with Gasteiger partial charge in [0.15, 0.2) is 0 Å². The van der Waals surface area contributed by atoms with Gasteiger partial charge in [0.1, 0.15) is 0 Å². The van der Waals surface area contributed by atoms with Gasteiger partial charge in [0.05, 0.1) is 17.9 Å². The molecule has 0 aliphatic heterocycles. The fourth-order valence-electron chi connectivity index (χ4n) is 2.27. The molecule has 0 spiro atoms. The first-order chi connectivity index (χ1) is 8.38. The average Bonchev–Trinajstić information content (AvgIpc) is 2.92. The summed E-state index contributed by atoms with van der Waals surface area (Å²) in [5.74, 6) is 5.64. The molecule has 1 aliphatic rings. The molecule has 5 heteroatoms. The first-order valence-electron chi connectivity index (χ1n) is 5.72. The van der Waals surface area contributed by atoms with Crippen molar-refractivity contribution < 1.29 is 0 Å². The van der Waals surface area contributed by atoms with Crippen LogP contribution in [0.25, 0.3) is 0 Å². The highest BCUT2D eigenvalue weighted by molar-refractivity contribution is 7.12. The normalized spacial score (nSPS) is 15.8. The van der Waals surface area contributed by atoms with Gasteiger partial charge in [-0.2, -0.15) is 0 Å². The van der Waals surface area contributed by atoms with Gasteiger partial charge in [-0.15, -0.1) is 11.3 Å². The van der Waals surface area contributed by atoms with Crippen LogP contribution < -0.4 is 11.3 Å². The van der Waals surface area contributed by atoms with Crippen LogP contribution in [0.3, 0.4) is 0 Å². The maximum Gasteiger partial charge on any atom is 0.0988 e. The van der Waals surface area contributed by atoms with Crippen molar-refractivity contribution in [2.45, 2.75) is 25.3 Å². The largest absolute Gasteiger partial charge is 0.270 e. The van der Waals surface area contributed by atoms with Crippen LogP contribution in [-0.2, 0) is 12.8 Å². The van der Waals surface area contributed by atoms with E-state index >= 15 is 0 Å². The van der Waals surface area contributed by atoms with E-state index < -0.39 is 0 Å². The van der Waals surface area contributed by atoms with Crippen molar-refractivity contribution in [1.29, 1.82) is 0 Å². The molecule has 0 bridgehead atoms. The Kier molecular flexibility index (Phi) is 2.88. The fourth-order valence-corrected chi connectivity index (χ4v) is 3.60. The summed E-state index contributed by atoms with van der Waals surface area (Å²) in [5.41, 5.74) is 5.18. The summed E-state index contributed by atoms with van der Waals surface area (Å²) >= 11 is 1.84. The van der Waals surface area contributed by atoms with Crippen LogP contribution in [0.5, 0.6) is 0 Å². The maximum absolute atomic E-state index is 5.64. The number of thiophene rings is 1. The molecular weight excluding hydrogens is 232 g/mol. The van der Waals surface area contributed by atoms with E-state index in [0.29, 0.717) is 0 Å². The molecule has 0 saturated carbocycles. The minimum Gasteiger partial charge on any atom is -0.270 e. The van der Waals surface area contributed by atoms with Crippen molar-refractivity contribution in [3.05, 3.63) is 45.7 Å². The summed E-state index contributed by atoms with van der Waals surface area (Å²) in [6.45, 7) is 0. The number of nitrogens with zero attached hydrogens (tertiary/aromatic N) is 2. The van der Waals surface area contributed by atoms with Gasteiger partial charge >= 0.3 is 0 Å². The van der Waals surface area contributed by atoms with Gasteiger partial charge in [-0.3, -0.25) is 15.8 Å². The number of rotatable bonds is 3. The Labute approximate surface area is 104 Å². The standard InChI is InChI=1S/C12H14N4S/c13-16-12(9-7-14-4-5-15-9)11-6-8-2-1-3-10(8)17-11/h4-7,12,16H,1-3,13H2. The van der Waals surface area contributed by atoms with Gasteiger partial charge in [-0.25, -0.2) is 5.43 Å². The highest BCUT2D eigenvalue weighted by atomic mass is 32.1. The van der Waals surface area contributed by atoms with E-state index in [1.807, 2.05) is 11.3 Å². The third-order valence-electron chi connectivity index (χ3n) is 3.10. The zero-order chi connectivity index (χ0) is 11.7. The second-order valence-corrected chi connectivity index (χ2v) is 5.35. The van der Waals surface area contributed by atoms with Crippen LogP contribution in [0.2, 0.25) is 0 Å². The predicted octanol–water partition coefficient (Wildman–Crippen LogP) is 1.58. The molecule has 1 atom stereocenters. The van der Waals surface area contributed by atoms with Gasteiger partial charge in [0.2, 0.25) is 0 Å². The lowest BCUT2D eigenvalue weighted by Crippen LogP contribution is -2.29. The molecule has 1 unspecified atom stereocenters. The highest BCUT2D eigenvalue weighted by Gasteiger charge is 2.21. The number of nitrogens with two attached hydrogens (primary N) is 1. The van der Waals surface area contributed by atoms with E-state index in [0.717, 1.165) is 5.69 Å². The summed E-state index contributed by atoms with van der Waals surface area (Å²) in [6.07, 6.45) is 8.82. The molecule has 2 aromatic heterocycles. The Balaban J connectivity index is 1.95. The number of nitrogens with one attached hydrogen (secondary N) is 1. The summed E-state index contributed by atoms with van der Waals surface area (Å²) in [5, 5.41) is 0. The Morgan fingerprint density at radius 3 is 3.00 bits per heavy atom. The Bertz CT molecular complexity index is 487. The van der Waals surface area contributed by atoms with Gasteiger partial charge in [0, 0.05) is 22.1 Å². The first kappa shape index (κ1) is 10.8. The van der Waals surface area contributed by atoms with E-state index in [1.54, 1.807) is 18.6 Å². The van der Waals surface area contributed by atoms with Gasteiger partial charge < -0.3 is 0 Å². The topological polar surface area (TPSA) is 63.8 Å². The molecule has 1 aliphatic carbocycles. The molecule has 88 valence electrons. The molecular formula is C12H14N4S. The smallest absolute Gasteiger partial charge is 0.0988 e. The predicted molar refractivity (Wildman–Crippen MR) is 67.5 cm³/mol. The summed E-state index contributed by atoms with van der Waals surface area (Å²) in [4.78, 5) is 11.1. The van der Waals surface area contributed by atoms with Gasteiger partial charge in [-0.05, 0) is 30.9 Å². The maximum atomic E-state index is 5.64. The van der Waals surface area contributed by atoms with E-state index in [4.69, 9.17) is 5.84 Å². The summed E-state index contributed by atoms with van der Waals surface area (Å²) in [6, 6.07) is 2.21. The molecule has 2 heterocycles. The van der Waals surface area contributed by atoms with Crippen molar-refractivity contribution in [1.82, 2.24) is 15.4 Å². The van der Waals surface area contributed by atoms with Crippen molar-refractivity contribution in [3.8, 4) is 0 Å². The number of aromatic nitrogens is 2. The zero-order valence-corrected chi connectivity index (χ0v) is 10.2. The number of hydrogen-bond donors (Lipinski definition) is 2. The fraction of sp³-hybridized carbons (Fsp3) is 0.333. The second-order valence-electron chi connectivity index (χ2n) is 4.18. The number of hydrogen-bond acceptors (Lipinski definition) is 5. The quantitative estimate of drug-likeness (QED) is 0.637. The van der Waals surface area contributed by atoms with Crippen LogP contribution in [0.4, 0.5) is 0 Å². The van der Waals surface area contributed by atoms with Crippen molar-refractivity contribution in [2.75, 3.05) is 0 Å². The molecule has 0 fully saturated rings. The van der Waals surface area contributed by atoms with Crippen LogP contribution in [-0.4, -0.2) is 9.97 Å². The highest BCUT2D eigenvalue weighted by Crippen LogP contribution is 2.35. The lowest BCUT2D eigenvalue weighted by molar-refractivity contribution is 0.626. The number of hydrazine groups is 1. The third kappa shape index (κ3) is 1.97. The van der Waals surface area contributed by atoms with E-state index in [1.165, 1.54) is 34.6 Å². The molecule has 0 saturated heterocycles. The van der Waals surface area contributed by atoms with E-state index in [-0.39, 0.29) is 6.04 Å². The summed E-state index contributed by atoms with van der Waals surface area (Å²) in [7, 11) is 0. The molecule has 3 N–H and O–H groups in total. The van der Waals surface area contributed by atoms with Crippen molar-refractivity contribution in [2.24, 2.45) is 5.84 Å². The first-order valence-corrected chi connectivity index (χ1v) is 6.53. The number of fused-ring (bicyclic) bond motifs is 1. The lowest BCUT2D eigenvalue weighted by atomic mass is 10.1. The average molecular weight is 246 g/mol. The van der Waals surface area contributed by atoms with Gasteiger partial charge in [-0.1, -0.05) is 0 Å². The monoisotopic (exact) mass is 246 g/mol. The van der Waals surface area contributed by atoms with Crippen molar-refractivity contribution >= 4 is 11.3 Å². The molecule has 17 heavy (non-hydrogen) atoms. The van der Waals surface area contributed by atoms with Gasteiger partial charge in [0.25, 0.3) is 0 Å². The van der Waals surface area contributed by atoms with Crippen LogP contribution >= 0.6 is 11.3 Å². The molecule has 0 aromatic carbocycles. The number of aryl methyl sites for hydroxylation is 2. The lowest BCUT2D eigenvalue weighted by Gasteiger charge is -2.12. The van der Waals surface area contributed by atoms with Crippen LogP contribution in [0.15, 0.2) is 24.7 Å². The van der Waals surface area contributed by atoms with Crippen LogP contribution in [0, 0.1) is 0 Å². The molecule has 0 amide bonds. The minimum atomic E-state index is -0.0423. The molecule has 0 radical (unpaired) electrons. The Morgan fingerprint density at radius 1 is 1.35 bits per heavy atom. The van der Waals surface area contributed by atoms with Crippen LogP contribution in [0.1, 0.15) is 33.5 Å². The zero-order valence-electron chi connectivity index (χ0n) is 9.39. The van der Waals surface area contributed by atoms with E-state index in [9.17, 15) is 0 Å². The minimum absolute atomic E-state index is 0.0423. The Morgan fingerprint density at radius 2 is 2.29 bits per heavy atom. The molecule has 3 rings (SSSR count). The molecule has 4 nitrogen and oxygen atoms in total. The second kappa shape index (κ2) is 4.52. The van der Waals surface area contributed by atoms with E-state index in [2.05, 4.69) is 21.5 Å². The SMILES string of the molecule is NNC(c1cnccn1)c1cc2c(s1)CCC2. The Hall–Kier alpha value is -1.30. The third-order valence-corrected chi connectivity index (χ3v) is 4.40. The van der Waals surface area contributed by atoms with Crippen molar-refractivity contribution in [3.63, 3.8) is 0 Å². The molecule has 2 aromatic rings. The summed E-state index contributed by atoms with van der Waals surface area (Å²) < 4.78 is 0.